The van der Waals surface area contributed by atoms with Gasteiger partial charge < -0.3 is 15.0 Å². The fraction of sp³-hybridized carbons (Fsp3) is 0.450. The summed E-state index contributed by atoms with van der Waals surface area (Å²) in [5.74, 6) is 0.583. The Balaban J connectivity index is 1.39. The smallest absolute Gasteiger partial charge is 0.237 e. The van der Waals surface area contributed by atoms with E-state index >= 15 is 0 Å². The molecule has 3 aromatic rings. The second-order valence-corrected chi connectivity index (χ2v) is 10.7. The van der Waals surface area contributed by atoms with Crippen LogP contribution in [0.4, 0.5) is 11.1 Å². The number of nitrogens with one attached hydrogen (secondary N) is 2. The molecule has 0 bridgehead atoms. The van der Waals surface area contributed by atoms with Gasteiger partial charge in [0.25, 0.3) is 0 Å². The lowest BCUT2D eigenvalue weighted by atomic mass is 10.1. The van der Waals surface area contributed by atoms with E-state index in [1.807, 2.05) is 13.0 Å². The van der Waals surface area contributed by atoms with Crippen LogP contribution < -0.4 is 19.7 Å². The molecule has 174 valence electrons. The molecule has 0 aromatic carbocycles. The summed E-state index contributed by atoms with van der Waals surface area (Å²) in [6.07, 6.45) is 8.01. The molecule has 1 atom stereocenters. The van der Waals surface area contributed by atoms with Gasteiger partial charge in [-0.15, -0.1) is 0 Å². The van der Waals surface area contributed by atoms with Crippen LogP contribution >= 0.6 is 11.3 Å². The van der Waals surface area contributed by atoms with Gasteiger partial charge in [-0.05, 0) is 25.8 Å². The molecule has 1 unspecified atom stereocenters. The van der Waals surface area contributed by atoms with E-state index in [1.165, 1.54) is 11.3 Å². The molecule has 2 N–H and O–H groups in total. The zero-order valence-electron chi connectivity index (χ0n) is 18.0. The Morgan fingerprint density at radius 2 is 2.12 bits per heavy atom. The van der Waals surface area contributed by atoms with Crippen molar-refractivity contribution in [2.24, 2.45) is 0 Å². The van der Waals surface area contributed by atoms with Gasteiger partial charge >= 0.3 is 0 Å². The highest BCUT2D eigenvalue weighted by molar-refractivity contribution is 7.93. The number of piperazine rings is 1. The number of aromatic nitrogens is 5. The Kier molecular flexibility index (Phi) is 6.08. The molecule has 1 saturated carbocycles. The normalized spacial score (nSPS) is 18.8. The number of hydrogen-bond donors (Lipinski definition) is 2. The first-order chi connectivity index (χ1) is 16.0. The first kappa shape index (κ1) is 21.9. The van der Waals surface area contributed by atoms with Crippen molar-refractivity contribution >= 4 is 32.4 Å². The summed E-state index contributed by atoms with van der Waals surface area (Å²) in [7, 11) is -3.43. The molecule has 1 aliphatic heterocycles. The van der Waals surface area contributed by atoms with Crippen LogP contribution in [0.5, 0.6) is 5.88 Å². The first-order valence-corrected chi connectivity index (χ1v) is 13.1. The van der Waals surface area contributed by atoms with E-state index in [1.54, 1.807) is 24.8 Å². The summed E-state index contributed by atoms with van der Waals surface area (Å²) >= 11 is 1.52. The van der Waals surface area contributed by atoms with Gasteiger partial charge in [-0.3, -0.25) is 9.71 Å². The minimum absolute atomic E-state index is 0.104. The van der Waals surface area contributed by atoms with E-state index in [0.29, 0.717) is 37.6 Å². The molecule has 1 saturated heterocycles. The Bertz CT molecular complexity index is 1230. The van der Waals surface area contributed by atoms with E-state index in [2.05, 4.69) is 39.9 Å². The van der Waals surface area contributed by atoms with E-state index < -0.39 is 10.0 Å². The fourth-order valence-corrected chi connectivity index (χ4v) is 5.82. The van der Waals surface area contributed by atoms with Crippen LogP contribution in [-0.4, -0.2) is 64.8 Å². The Hall–Kier alpha value is -2.90. The van der Waals surface area contributed by atoms with Crippen molar-refractivity contribution in [3.63, 3.8) is 0 Å². The van der Waals surface area contributed by atoms with Gasteiger partial charge in [0.15, 0.2) is 5.13 Å². The molecule has 0 radical (unpaired) electrons. The monoisotopic (exact) mass is 488 g/mol. The number of rotatable bonds is 8. The molecule has 0 spiro atoms. The maximum absolute atomic E-state index is 12.3. The summed E-state index contributed by atoms with van der Waals surface area (Å²) in [5, 5.41) is 3.88. The van der Waals surface area contributed by atoms with Crippen LogP contribution in [0.15, 0.2) is 30.9 Å². The van der Waals surface area contributed by atoms with Crippen LogP contribution in [0.1, 0.15) is 31.5 Å². The minimum atomic E-state index is -3.43. The third-order valence-electron chi connectivity index (χ3n) is 5.35. The molecule has 0 amide bonds. The summed E-state index contributed by atoms with van der Waals surface area (Å²) in [6.45, 7) is 4.61. The average Bonchev–Trinajstić information content (AvgIpc) is 3.58. The molecule has 5 rings (SSSR count). The lowest BCUT2D eigenvalue weighted by Gasteiger charge is -2.35. The molecule has 2 aliphatic rings. The van der Waals surface area contributed by atoms with Gasteiger partial charge in [0.1, 0.15) is 5.69 Å². The Morgan fingerprint density at radius 1 is 1.24 bits per heavy atom. The Labute approximate surface area is 195 Å². The van der Waals surface area contributed by atoms with Crippen molar-refractivity contribution in [2.75, 3.05) is 35.9 Å². The fourth-order valence-electron chi connectivity index (χ4n) is 3.59. The molecule has 13 heteroatoms. The third-order valence-corrected chi connectivity index (χ3v) is 8.23. The number of thiazole rings is 1. The molecule has 11 nitrogen and oxygen atoms in total. The molecule has 1 aliphatic carbocycles. The number of hydrogen-bond acceptors (Lipinski definition) is 11. The summed E-state index contributed by atoms with van der Waals surface area (Å²) in [5.41, 5.74) is 1.43. The zero-order valence-corrected chi connectivity index (χ0v) is 19.6. The van der Waals surface area contributed by atoms with Crippen molar-refractivity contribution in [3.8, 4) is 16.5 Å². The second kappa shape index (κ2) is 9.15. The standard InChI is InChI=1S/C20H24N8O3S2/c1-2-31-18-12-22-9-15(25-18)17-11-24-20(32-17)28-8-7-21-10-16(28)14-5-6-23-19(26-14)27-33(29,30)13-3-4-13/h5-6,9,11-13,16,21H,2-4,7-8,10H2,1H3,(H,23,26,27). The van der Waals surface area contributed by atoms with Crippen molar-refractivity contribution in [3.05, 3.63) is 36.5 Å². The lowest BCUT2D eigenvalue weighted by Crippen LogP contribution is -2.46. The third kappa shape index (κ3) is 4.89. The maximum Gasteiger partial charge on any atom is 0.237 e. The number of ether oxygens (including phenoxy) is 1. The summed E-state index contributed by atoms with van der Waals surface area (Å²) < 4.78 is 32.6. The van der Waals surface area contributed by atoms with Gasteiger partial charge in [0.05, 0.1) is 40.9 Å². The van der Waals surface area contributed by atoms with Crippen molar-refractivity contribution in [1.82, 2.24) is 30.2 Å². The lowest BCUT2D eigenvalue weighted by molar-refractivity contribution is 0.325. The average molecular weight is 489 g/mol. The molecular formula is C20H24N8O3S2. The molecule has 33 heavy (non-hydrogen) atoms. The molecular weight excluding hydrogens is 464 g/mol. The number of nitrogens with zero attached hydrogens (tertiary/aromatic N) is 6. The Morgan fingerprint density at radius 3 is 2.94 bits per heavy atom. The van der Waals surface area contributed by atoms with E-state index in [9.17, 15) is 8.42 Å². The van der Waals surface area contributed by atoms with Gasteiger partial charge in [0, 0.05) is 32.0 Å². The van der Waals surface area contributed by atoms with Crippen LogP contribution in [0.3, 0.4) is 0 Å². The SMILES string of the molecule is CCOc1cncc(-c2cnc(N3CCNCC3c3ccnc(NS(=O)(=O)C4CC4)n3)s2)n1. The number of sulfonamides is 1. The molecule has 3 aromatic heterocycles. The highest BCUT2D eigenvalue weighted by Gasteiger charge is 2.36. The van der Waals surface area contributed by atoms with Crippen molar-refractivity contribution in [1.29, 1.82) is 0 Å². The first-order valence-electron chi connectivity index (χ1n) is 10.8. The van der Waals surface area contributed by atoms with E-state index in [0.717, 1.165) is 28.8 Å². The van der Waals surface area contributed by atoms with Gasteiger partial charge in [-0.2, -0.15) is 0 Å². The second-order valence-electron chi connectivity index (χ2n) is 7.75. The minimum Gasteiger partial charge on any atom is -0.477 e. The van der Waals surface area contributed by atoms with Crippen LogP contribution in [-0.2, 0) is 10.0 Å². The van der Waals surface area contributed by atoms with E-state index in [-0.39, 0.29) is 17.2 Å². The predicted octanol–water partition coefficient (Wildman–Crippen LogP) is 1.84. The van der Waals surface area contributed by atoms with Crippen molar-refractivity contribution in [2.45, 2.75) is 31.1 Å². The van der Waals surface area contributed by atoms with E-state index in [4.69, 9.17) is 4.74 Å². The topological polar surface area (TPSA) is 135 Å². The molecule has 4 heterocycles. The maximum atomic E-state index is 12.3. The van der Waals surface area contributed by atoms with Crippen molar-refractivity contribution < 1.29 is 13.2 Å². The quantitative estimate of drug-likeness (QED) is 0.483. The van der Waals surface area contributed by atoms with Crippen LogP contribution in [0.2, 0.25) is 0 Å². The number of anilines is 2. The highest BCUT2D eigenvalue weighted by atomic mass is 32.2. The predicted molar refractivity (Wildman–Crippen MR) is 125 cm³/mol. The van der Waals surface area contributed by atoms with Gasteiger partial charge in [0.2, 0.25) is 21.9 Å². The largest absolute Gasteiger partial charge is 0.477 e. The molecule has 2 fully saturated rings. The summed E-state index contributed by atoms with van der Waals surface area (Å²) in [4.78, 5) is 25.0. The summed E-state index contributed by atoms with van der Waals surface area (Å²) in [6, 6.07) is 1.69. The zero-order chi connectivity index (χ0) is 22.8. The highest BCUT2D eigenvalue weighted by Crippen LogP contribution is 2.35. The van der Waals surface area contributed by atoms with Crippen LogP contribution in [0.25, 0.3) is 10.6 Å². The van der Waals surface area contributed by atoms with Gasteiger partial charge in [-0.25, -0.2) is 28.4 Å². The van der Waals surface area contributed by atoms with Gasteiger partial charge in [-0.1, -0.05) is 11.3 Å². The van der Waals surface area contributed by atoms with Crippen LogP contribution in [0, 0.1) is 0 Å².